The molecule has 0 radical (unpaired) electrons. The minimum absolute atomic E-state index is 0.579. The van der Waals surface area contributed by atoms with E-state index in [-0.39, 0.29) is 0 Å². The second kappa shape index (κ2) is 9.00. The van der Waals surface area contributed by atoms with Crippen molar-refractivity contribution in [3.63, 3.8) is 0 Å². The van der Waals surface area contributed by atoms with E-state index in [0.717, 1.165) is 6.54 Å². The summed E-state index contributed by atoms with van der Waals surface area (Å²) < 4.78 is 0. The van der Waals surface area contributed by atoms with Gasteiger partial charge < -0.3 is 5.32 Å². The summed E-state index contributed by atoms with van der Waals surface area (Å²) in [5.41, 5.74) is 0. The monoisotopic (exact) mass is 228 g/mol. The Bertz CT molecular complexity index is 159. The first kappa shape index (κ1) is 15.9. The molecule has 0 heterocycles. The second-order valence-corrected chi connectivity index (χ2v) is 4.94. The summed E-state index contributed by atoms with van der Waals surface area (Å²) in [7, 11) is 0. The SMILES string of the molecule is CCCCN(C(C)CC)C(C)C(C)NCC. The minimum atomic E-state index is 0.579. The van der Waals surface area contributed by atoms with Crippen molar-refractivity contribution in [2.24, 2.45) is 0 Å². The lowest BCUT2D eigenvalue weighted by molar-refractivity contribution is 0.123. The van der Waals surface area contributed by atoms with Crippen LogP contribution in [-0.4, -0.2) is 36.1 Å². The lowest BCUT2D eigenvalue weighted by Crippen LogP contribution is -2.50. The minimum Gasteiger partial charge on any atom is -0.313 e. The van der Waals surface area contributed by atoms with Crippen molar-refractivity contribution in [2.45, 2.75) is 78.9 Å². The Kier molecular flexibility index (Phi) is 8.96. The van der Waals surface area contributed by atoms with Gasteiger partial charge in [-0.2, -0.15) is 0 Å². The molecule has 0 fully saturated rings. The number of hydrogen-bond acceptors (Lipinski definition) is 2. The Morgan fingerprint density at radius 2 is 1.69 bits per heavy atom. The van der Waals surface area contributed by atoms with Crippen molar-refractivity contribution in [1.29, 1.82) is 0 Å². The average Bonchev–Trinajstić information content (AvgIpc) is 2.29. The zero-order valence-corrected chi connectivity index (χ0v) is 12.2. The van der Waals surface area contributed by atoms with Crippen molar-refractivity contribution in [3.8, 4) is 0 Å². The van der Waals surface area contributed by atoms with Crippen LogP contribution in [0.25, 0.3) is 0 Å². The van der Waals surface area contributed by atoms with Crippen molar-refractivity contribution in [2.75, 3.05) is 13.1 Å². The van der Waals surface area contributed by atoms with Gasteiger partial charge in [0, 0.05) is 18.1 Å². The molecule has 0 aromatic rings. The molecule has 3 unspecified atom stereocenters. The van der Waals surface area contributed by atoms with Crippen molar-refractivity contribution >= 4 is 0 Å². The number of unbranched alkanes of at least 4 members (excludes halogenated alkanes) is 1. The number of nitrogens with one attached hydrogen (secondary N) is 1. The molecule has 0 bridgehead atoms. The maximum Gasteiger partial charge on any atom is 0.0221 e. The first-order chi connectivity index (χ1) is 7.58. The van der Waals surface area contributed by atoms with Gasteiger partial charge in [-0.15, -0.1) is 0 Å². The van der Waals surface area contributed by atoms with Gasteiger partial charge in [0.15, 0.2) is 0 Å². The third kappa shape index (κ3) is 5.31. The van der Waals surface area contributed by atoms with Gasteiger partial charge in [-0.3, -0.25) is 4.90 Å². The molecule has 16 heavy (non-hydrogen) atoms. The van der Waals surface area contributed by atoms with Gasteiger partial charge in [0.2, 0.25) is 0 Å². The summed E-state index contributed by atoms with van der Waals surface area (Å²) in [6, 6.07) is 1.90. The average molecular weight is 228 g/mol. The molecule has 2 nitrogen and oxygen atoms in total. The van der Waals surface area contributed by atoms with Gasteiger partial charge in [-0.25, -0.2) is 0 Å². The number of likely N-dealkylation sites (N-methyl/N-ethyl adjacent to an activating group) is 1. The van der Waals surface area contributed by atoms with E-state index in [9.17, 15) is 0 Å². The van der Waals surface area contributed by atoms with Crippen LogP contribution in [0.1, 0.15) is 60.8 Å². The highest BCUT2D eigenvalue weighted by atomic mass is 15.2. The highest BCUT2D eigenvalue weighted by Gasteiger charge is 2.22. The largest absolute Gasteiger partial charge is 0.313 e. The summed E-state index contributed by atoms with van der Waals surface area (Å²) in [5.74, 6) is 0. The Morgan fingerprint density at radius 1 is 1.06 bits per heavy atom. The Labute approximate surface area is 103 Å². The second-order valence-electron chi connectivity index (χ2n) is 4.94. The smallest absolute Gasteiger partial charge is 0.0221 e. The summed E-state index contributed by atoms with van der Waals surface area (Å²) in [6.07, 6.45) is 3.84. The molecule has 0 saturated heterocycles. The zero-order valence-electron chi connectivity index (χ0n) is 12.2. The molecular weight excluding hydrogens is 196 g/mol. The van der Waals surface area contributed by atoms with Crippen molar-refractivity contribution in [1.82, 2.24) is 10.2 Å². The molecule has 0 rings (SSSR count). The van der Waals surface area contributed by atoms with E-state index in [1.54, 1.807) is 0 Å². The Balaban J connectivity index is 4.35. The predicted molar refractivity (Wildman–Crippen MR) is 74.0 cm³/mol. The molecule has 0 aliphatic heterocycles. The normalized spacial score (nSPS) is 17.4. The van der Waals surface area contributed by atoms with E-state index in [4.69, 9.17) is 0 Å². The summed E-state index contributed by atoms with van der Waals surface area (Å²) in [4.78, 5) is 2.66. The first-order valence-corrected chi connectivity index (χ1v) is 7.07. The molecule has 0 spiro atoms. The molecule has 1 N–H and O–H groups in total. The summed E-state index contributed by atoms with van der Waals surface area (Å²) >= 11 is 0. The lowest BCUT2D eigenvalue weighted by Gasteiger charge is -2.37. The highest BCUT2D eigenvalue weighted by Crippen LogP contribution is 2.13. The van der Waals surface area contributed by atoms with E-state index in [1.165, 1.54) is 25.8 Å². The third-order valence-electron chi connectivity index (χ3n) is 3.70. The first-order valence-electron chi connectivity index (χ1n) is 7.07. The topological polar surface area (TPSA) is 15.3 Å². The van der Waals surface area contributed by atoms with Crippen LogP contribution >= 0.6 is 0 Å². The molecule has 0 aliphatic rings. The van der Waals surface area contributed by atoms with E-state index in [2.05, 4.69) is 51.8 Å². The standard InChI is InChI=1S/C14H32N2/c1-7-10-11-16(12(4)8-2)14(6)13(5)15-9-3/h12-15H,7-11H2,1-6H3. The maximum absolute atomic E-state index is 3.54. The fraction of sp³-hybridized carbons (Fsp3) is 1.00. The molecule has 0 amide bonds. The number of nitrogens with zero attached hydrogens (tertiary/aromatic N) is 1. The van der Waals surface area contributed by atoms with Gasteiger partial charge in [0.1, 0.15) is 0 Å². The molecule has 3 atom stereocenters. The Hall–Kier alpha value is -0.0800. The van der Waals surface area contributed by atoms with Crippen LogP contribution in [-0.2, 0) is 0 Å². The molecule has 0 aromatic heterocycles. The summed E-state index contributed by atoms with van der Waals surface area (Å²) in [5, 5.41) is 3.54. The molecule has 0 saturated carbocycles. The van der Waals surface area contributed by atoms with Gasteiger partial charge in [-0.1, -0.05) is 27.2 Å². The molecule has 0 aliphatic carbocycles. The number of hydrogen-bond donors (Lipinski definition) is 1. The molecule has 2 heteroatoms. The van der Waals surface area contributed by atoms with Gasteiger partial charge in [-0.05, 0) is 46.7 Å². The van der Waals surface area contributed by atoms with Gasteiger partial charge in [0.05, 0.1) is 0 Å². The predicted octanol–water partition coefficient (Wildman–Crippen LogP) is 3.27. The molecule has 0 aromatic carbocycles. The van der Waals surface area contributed by atoms with Gasteiger partial charge in [0.25, 0.3) is 0 Å². The van der Waals surface area contributed by atoms with Crippen molar-refractivity contribution in [3.05, 3.63) is 0 Å². The summed E-state index contributed by atoms with van der Waals surface area (Å²) in [6.45, 7) is 16.1. The maximum atomic E-state index is 3.54. The van der Waals surface area contributed by atoms with E-state index in [0.29, 0.717) is 18.1 Å². The molecular formula is C14H32N2. The van der Waals surface area contributed by atoms with E-state index >= 15 is 0 Å². The quantitative estimate of drug-likeness (QED) is 0.651. The van der Waals surface area contributed by atoms with Crippen LogP contribution in [0, 0.1) is 0 Å². The van der Waals surface area contributed by atoms with E-state index in [1.807, 2.05) is 0 Å². The van der Waals surface area contributed by atoms with Crippen molar-refractivity contribution < 1.29 is 0 Å². The highest BCUT2D eigenvalue weighted by molar-refractivity contribution is 4.80. The van der Waals surface area contributed by atoms with Crippen LogP contribution < -0.4 is 5.32 Å². The third-order valence-corrected chi connectivity index (χ3v) is 3.70. The molecule has 98 valence electrons. The zero-order chi connectivity index (χ0) is 12.6. The van der Waals surface area contributed by atoms with Crippen LogP contribution in [0.3, 0.4) is 0 Å². The fourth-order valence-electron chi connectivity index (χ4n) is 2.18. The van der Waals surface area contributed by atoms with E-state index < -0.39 is 0 Å². The number of rotatable bonds is 9. The van der Waals surface area contributed by atoms with Crippen LogP contribution in [0.2, 0.25) is 0 Å². The lowest BCUT2D eigenvalue weighted by atomic mass is 10.1. The fourth-order valence-corrected chi connectivity index (χ4v) is 2.18. The van der Waals surface area contributed by atoms with Crippen LogP contribution in [0.15, 0.2) is 0 Å². The Morgan fingerprint density at radius 3 is 2.12 bits per heavy atom. The van der Waals surface area contributed by atoms with Crippen LogP contribution in [0.4, 0.5) is 0 Å². The van der Waals surface area contributed by atoms with Gasteiger partial charge >= 0.3 is 0 Å². The van der Waals surface area contributed by atoms with Crippen LogP contribution in [0.5, 0.6) is 0 Å².